The van der Waals surface area contributed by atoms with E-state index in [9.17, 15) is 4.79 Å². The largest absolute Gasteiger partial charge is 0.353 e. The van der Waals surface area contributed by atoms with Gasteiger partial charge in [0.15, 0.2) is 0 Å². The van der Waals surface area contributed by atoms with Crippen molar-refractivity contribution in [2.75, 3.05) is 6.54 Å². The van der Waals surface area contributed by atoms with Crippen molar-refractivity contribution in [1.29, 1.82) is 0 Å². The normalized spacial score (nSPS) is 10.5. The van der Waals surface area contributed by atoms with Crippen LogP contribution < -0.4 is 10.6 Å². The molecule has 0 fully saturated rings. The van der Waals surface area contributed by atoms with Crippen LogP contribution in [0.5, 0.6) is 0 Å². The average molecular weight is 286 g/mol. The number of hydrogen-bond acceptors (Lipinski definition) is 3. The van der Waals surface area contributed by atoms with Crippen molar-refractivity contribution >= 4 is 21.8 Å². The van der Waals surface area contributed by atoms with Crippen LogP contribution in [-0.4, -0.2) is 23.5 Å². The molecule has 2 N–H and O–H groups in total. The minimum Gasteiger partial charge on any atom is -0.353 e. The molecule has 0 atom stereocenters. The molecule has 5 heteroatoms. The molecule has 88 valence electrons. The van der Waals surface area contributed by atoms with E-state index in [1.807, 2.05) is 26.0 Å². The van der Waals surface area contributed by atoms with Crippen LogP contribution in [0.1, 0.15) is 19.5 Å². The fourth-order valence-corrected chi connectivity index (χ4v) is 1.42. The van der Waals surface area contributed by atoms with Crippen molar-refractivity contribution in [3.8, 4) is 0 Å². The van der Waals surface area contributed by atoms with Crippen molar-refractivity contribution < 1.29 is 4.79 Å². The van der Waals surface area contributed by atoms with E-state index in [0.717, 1.165) is 10.2 Å². The van der Waals surface area contributed by atoms with Crippen molar-refractivity contribution in [2.45, 2.75) is 26.4 Å². The van der Waals surface area contributed by atoms with Crippen LogP contribution in [0.4, 0.5) is 0 Å². The molecule has 0 spiro atoms. The van der Waals surface area contributed by atoms with E-state index in [1.54, 1.807) is 6.20 Å². The van der Waals surface area contributed by atoms with Gasteiger partial charge in [0, 0.05) is 23.3 Å². The molecular weight excluding hydrogens is 270 g/mol. The van der Waals surface area contributed by atoms with Gasteiger partial charge in [-0.25, -0.2) is 0 Å². The fraction of sp³-hybridized carbons (Fsp3) is 0.455. The van der Waals surface area contributed by atoms with E-state index in [1.165, 1.54) is 0 Å². The van der Waals surface area contributed by atoms with Crippen molar-refractivity contribution in [3.05, 3.63) is 28.5 Å². The van der Waals surface area contributed by atoms with Gasteiger partial charge in [0.25, 0.3) is 0 Å². The average Bonchev–Trinajstić information content (AvgIpc) is 2.20. The fourth-order valence-electron chi connectivity index (χ4n) is 1.19. The predicted octanol–water partition coefficient (Wildman–Crippen LogP) is 1.46. The van der Waals surface area contributed by atoms with Crippen LogP contribution in [0.3, 0.4) is 0 Å². The highest BCUT2D eigenvalue weighted by atomic mass is 79.9. The van der Waals surface area contributed by atoms with E-state index < -0.39 is 0 Å². The van der Waals surface area contributed by atoms with Crippen LogP contribution in [0.25, 0.3) is 0 Å². The summed E-state index contributed by atoms with van der Waals surface area (Å²) in [5.74, 6) is 0.00658. The number of carbonyl (C=O) groups is 1. The molecule has 0 aromatic carbocycles. The maximum absolute atomic E-state index is 11.3. The Labute approximate surface area is 104 Å². The molecular formula is C11H16BrN3O. The van der Waals surface area contributed by atoms with Gasteiger partial charge in [0.1, 0.15) is 0 Å². The number of amides is 1. The van der Waals surface area contributed by atoms with Crippen LogP contribution >= 0.6 is 15.9 Å². The molecule has 0 aliphatic heterocycles. The first-order chi connectivity index (χ1) is 7.58. The molecule has 1 aromatic heterocycles. The zero-order chi connectivity index (χ0) is 12.0. The summed E-state index contributed by atoms with van der Waals surface area (Å²) in [7, 11) is 0. The summed E-state index contributed by atoms with van der Waals surface area (Å²) in [4.78, 5) is 15.5. The zero-order valence-electron chi connectivity index (χ0n) is 9.46. The number of aromatic nitrogens is 1. The first-order valence-corrected chi connectivity index (χ1v) is 5.97. The van der Waals surface area contributed by atoms with Crippen LogP contribution in [0.15, 0.2) is 22.8 Å². The number of nitrogens with zero attached hydrogens (tertiary/aromatic N) is 1. The molecule has 1 heterocycles. The lowest BCUT2D eigenvalue weighted by molar-refractivity contribution is -0.120. The zero-order valence-corrected chi connectivity index (χ0v) is 11.0. The summed E-state index contributed by atoms with van der Waals surface area (Å²) in [6, 6.07) is 4.02. The number of carbonyl (C=O) groups excluding carboxylic acids is 1. The van der Waals surface area contributed by atoms with E-state index in [4.69, 9.17) is 0 Å². The second-order valence-corrected chi connectivity index (χ2v) is 4.71. The van der Waals surface area contributed by atoms with Crippen molar-refractivity contribution in [2.24, 2.45) is 0 Å². The van der Waals surface area contributed by atoms with Gasteiger partial charge in [0.2, 0.25) is 5.91 Å². The predicted molar refractivity (Wildman–Crippen MR) is 66.9 cm³/mol. The molecule has 0 saturated heterocycles. The lowest BCUT2D eigenvalue weighted by Crippen LogP contribution is -2.37. The molecule has 0 aliphatic carbocycles. The summed E-state index contributed by atoms with van der Waals surface area (Å²) in [5, 5.41) is 5.85. The third-order valence-corrected chi connectivity index (χ3v) is 2.30. The SMILES string of the molecule is CC(C)NC(=O)CNCc1ccc(Br)cn1. The molecule has 0 unspecified atom stereocenters. The molecule has 0 radical (unpaired) electrons. The lowest BCUT2D eigenvalue weighted by Gasteiger charge is -2.08. The molecule has 4 nitrogen and oxygen atoms in total. The molecule has 0 bridgehead atoms. The third kappa shape index (κ3) is 5.23. The van der Waals surface area contributed by atoms with E-state index in [0.29, 0.717) is 13.1 Å². The summed E-state index contributed by atoms with van der Waals surface area (Å²) < 4.78 is 0.953. The maximum atomic E-state index is 11.3. The van der Waals surface area contributed by atoms with Crippen LogP contribution in [0, 0.1) is 0 Å². The molecule has 0 aliphatic rings. The number of nitrogens with one attached hydrogen (secondary N) is 2. The molecule has 1 rings (SSSR count). The Balaban J connectivity index is 2.25. The lowest BCUT2D eigenvalue weighted by atomic mass is 10.3. The van der Waals surface area contributed by atoms with Gasteiger partial charge in [0.05, 0.1) is 12.2 Å². The third-order valence-electron chi connectivity index (χ3n) is 1.83. The van der Waals surface area contributed by atoms with Gasteiger partial charge in [-0.1, -0.05) is 0 Å². The summed E-state index contributed by atoms with van der Waals surface area (Å²) >= 11 is 3.32. The Morgan fingerprint density at radius 1 is 1.50 bits per heavy atom. The highest BCUT2D eigenvalue weighted by Crippen LogP contribution is 2.06. The topological polar surface area (TPSA) is 54.0 Å². The van der Waals surface area contributed by atoms with Gasteiger partial charge in [-0.2, -0.15) is 0 Å². The van der Waals surface area contributed by atoms with E-state index >= 15 is 0 Å². The number of rotatable bonds is 5. The van der Waals surface area contributed by atoms with Crippen LogP contribution in [-0.2, 0) is 11.3 Å². The van der Waals surface area contributed by atoms with Gasteiger partial charge in [-0.3, -0.25) is 9.78 Å². The number of hydrogen-bond donors (Lipinski definition) is 2. The molecule has 16 heavy (non-hydrogen) atoms. The van der Waals surface area contributed by atoms with Gasteiger partial charge in [-0.15, -0.1) is 0 Å². The second kappa shape index (κ2) is 6.60. The first-order valence-electron chi connectivity index (χ1n) is 5.18. The minimum absolute atomic E-state index is 0.00658. The Hall–Kier alpha value is -0.940. The molecule has 0 saturated carbocycles. The Morgan fingerprint density at radius 3 is 2.81 bits per heavy atom. The van der Waals surface area contributed by atoms with E-state index in [-0.39, 0.29) is 11.9 Å². The minimum atomic E-state index is 0.00658. The maximum Gasteiger partial charge on any atom is 0.234 e. The highest BCUT2D eigenvalue weighted by Gasteiger charge is 2.02. The summed E-state index contributed by atoms with van der Waals surface area (Å²) in [6.07, 6.45) is 1.74. The smallest absolute Gasteiger partial charge is 0.234 e. The summed E-state index contributed by atoms with van der Waals surface area (Å²) in [6.45, 7) is 4.79. The second-order valence-electron chi connectivity index (χ2n) is 3.79. The van der Waals surface area contributed by atoms with Gasteiger partial charge >= 0.3 is 0 Å². The quantitative estimate of drug-likeness (QED) is 0.861. The Kier molecular flexibility index (Phi) is 5.42. The number of halogens is 1. The molecule has 1 aromatic rings. The Bertz CT molecular complexity index is 338. The van der Waals surface area contributed by atoms with Crippen molar-refractivity contribution in [1.82, 2.24) is 15.6 Å². The summed E-state index contributed by atoms with van der Waals surface area (Å²) in [5.41, 5.74) is 0.917. The van der Waals surface area contributed by atoms with Gasteiger partial charge in [-0.05, 0) is 41.9 Å². The standard InChI is InChI=1S/C11H16BrN3O/c1-8(2)15-11(16)7-13-6-10-4-3-9(12)5-14-10/h3-5,8,13H,6-7H2,1-2H3,(H,15,16). The first kappa shape index (κ1) is 13.1. The van der Waals surface area contributed by atoms with Gasteiger partial charge < -0.3 is 10.6 Å². The van der Waals surface area contributed by atoms with Crippen LogP contribution in [0.2, 0.25) is 0 Å². The monoisotopic (exact) mass is 285 g/mol. The van der Waals surface area contributed by atoms with E-state index in [2.05, 4.69) is 31.5 Å². The molecule has 1 amide bonds. The number of pyridine rings is 1. The Morgan fingerprint density at radius 2 is 2.25 bits per heavy atom. The highest BCUT2D eigenvalue weighted by molar-refractivity contribution is 9.10. The van der Waals surface area contributed by atoms with Crippen molar-refractivity contribution in [3.63, 3.8) is 0 Å².